The van der Waals surface area contributed by atoms with E-state index in [-0.39, 0.29) is 64.2 Å². The molecule has 1 aliphatic heterocycles. The number of rotatable bonds is 9. The molecule has 1 aromatic heterocycles. The van der Waals surface area contributed by atoms with Crippen LogP contribution in [0.25, 0.3) is 0 Å². The van der Waals surface area contributed by atoms with E-state index in [4.69, 9.17) is 15.9 Å². The lowest BCUT2D eigenvalue weighted by Gasteiger charge is -2.25. The summed E-state index contributed by atoms with van der Waals surface area (Å²) in [5.41, 5.74) is 5.82. The first-order valence-corrected chi connectivity index (χ1v) is 13.0. The van der Waals surface area contributed by atoms with Crippen LogP contribution in [0.4, 0.5) is 24.8 Å². The molecule has 0 spiro atoms. The molecule has 1 unspecified atom stereocenters. The quantitative estimate of drug-likeness (QED) is 0.191. The third-order valence-electron chi connectivity index (χ3n) is 7.00. The second-order valence-electron chi connectivity index (χ2n) is 9.86. The Hall–Kier alpha value is -4.92. The molecule has 2 heterocycles. The van der Waals surface area contributed by atoms with Gasteiger partial charge in [0.15, 0.2) is 11.6 Å². The first-order chi connectivity index (χ1) is 19.8. The van der Waals surface area contributed by atoms with Gasteiger partial charge in [0.1, 0.15) is 41.2 Å². The van der Waals surface area contributed by atoms with Gasteiger partial charge in [0.05, 0.1) is 11.3 Å². The van der Waals surface area contributed by atoms with Gasteiger partial charge in [0.25, 0.3) is 5.91 Å². The highest BCUT2D eigenvalue weighted by Gasteiger charge is 2.32. The fraction of sp³-hybridized carbons (Fsp3) is 0.276. The van der Waals surface area contributed by atoms with Crippen LogP contribution in [-0.4, -0.2) is 45.6 Å². The normalized spacial score (nSPS) is 16.8. The summed E-state index contributed by atoms with van der Waals surface area (Å²) >= 11 is 0. The van der Waals surface area contributed by atoms with Crippen molar-refractivity contribution < 1.29 is 22.7 Å². The molecule has 9 nitrogen and oxygen atoms in total. The number of allylic oxidation sites excluding steroid dienone is 1. The summed E-state index contributed by atoms with van der Waals surface area (Å²) in [5, 5.41) is 21.3. The third-order valence-corrected chi connectivity index (χ3v) is 7.00. The summed E-state index contributed by atoms with van der Waals surface area (Å²) in [7, 11) is 0. The van der Waals surface area contributed by atoms with Crippen LogP contribution >= 0.6 is 0 Å². The zero-order valence-electron chi connectivity index (χ0n) is 21.8. The maximum atomic E-state index is 15.1. The fourth-order valence-electron chi connectivity index (χ4n) is 4.71. The molecular formula is C29H26F3N7O2. The van der Waals surface area contributed by atoms with Gasteiger partial charge in [0.2, 0.25) is 5.82 Å². The molecule has 2 aromatic carbocycles. The molecule has 1 aliphatic carbocycles. The van der Waals surface area contributed by atoms with E-state index in [9.17, 15) is 18.8 Å². The Morgan fingerprint density at radius 3 is 2.73 bits per heavy atom. The minimum atomic E-state index is -1.21. The number of nitrogens with zero attached hydrogens (tertiary/aromatic N) is 4. The van der Waals surface area contributed by atoms with Gasteiger partial charge in [-0.3, -0.25) is 10.2 Å². The molecule has 1 saturated carbocycles. The Balaban J connectivity index is 1.33. The number of halogens is 3. The van der Waals surface area contributed by atoms with Crippen LogP contribution in [0.5, 0.6) is 11.5 Å². The minimum Gasteiger partial charge on any atom is -0.454 e. The Bertz CT molecular complexity index is 1580. The van der Waals surface area contributed by atoms with E-state index in [2.05, 4.69) is 15.3 Å². The standard InChI is InChI=1S/C29H26F3N7O2/c30-21-4-1-5-23(25(21)32)41-19-8-9-20(22(31)12-19)26(34)24-27(35)37-15-38-28(24)36-14-18-3-2-10-39(18)29(40)17(13-33)11-16-6-7-16/h1,4-5,8-9,11-12,15-16,18,34H,2-3,6-7,10,14H2,(H3,35,36,37,38)/b17-11+,34-26?. The van der Waals surface area contributed by atoms with Gasteiger partial charge in [-0.1, -0.05) is 12.1 Å². The zero-order valence-corrected chi connectivity index (χ0v) is 21.8. The van der Waals surface area contributed by atoms with Gasteiger partial charge >= 0.3 is 0 Å². The number of amides is 1. The maximum absolute atomic E-state index is 15.1. The summed E-state index contributed by atoms with van der Waals surface area (Å²) < 4.78 is 47.9. The van der Waals surface area contributed by atoms with Crippen molar-refractivity contribution in [3.8, 4) is 17.6 Å². The van der Waals surface area contributed by atoms with Gasteiger partial charge in [-0.05, 0) is 55.9 Å². The number of carbonyl (C=O) groups is 1. The van der Waals surface area contributed by atoms with Crippen molar-refractivity contribution in [2.75, 3.05) is 24.1 Å². The molecule has 12 heteroatoms. The minimum absolute atomic E-state index is 0.0541. The van der Waals surface area contributed by atoms with E-state index in [0.717, 1.165) is 31.4 Å². The predicted octanol–water partition coefficient (Wildman–Crippen LogP) is 4.95. The SMILES string of the molecule is N#C/C(=C\C1CC1)C(=O)N1CCCC1CNc1ncnc(N)c1C(=N)c1ccc(Oc2cccc(F)c2F)cc1F. The predicted molar refractivity (Wildman–Crippen MR) is 145 cm³/mol. The molecule has 2 aliphatic rings. The van der Waals surface area contributed by atoms with Crippen molar-refractivity contribution in [1.29, 1.82) is 10.7 Å². The Labute approximate surface area is 234 Å². The first kappa shape index (κ1) is 27.6. The molecule has 0 radical (unpaired) electrons. The van der Waals surface area contributed by atoms with E-state index in [0.29, 0.717) is 13.0 Å². The molecule has 1 amide bonds. The summed E-state index contributed by atoms with van der Waals surface area (Å²) in [6, 6.07) is 8.72. The van der Waals surface area contributed by atoms with E-state index < -0.39 is 23.2 Å². The van der Waals surface area contributed by atoms with Crippen molar-refractivity contribution in [3.63, 3.8) is 0 Å². The number of carbonyl (C=O) groups excluding carboxylic acids is 1. The number of nitrogens with two attached hydrogens (primary N) is 1. The molecular weight excluding hydrogens is 535 g/mol. The van der Waals surface area contributed by atoms with Crippen molar-refractivity contribution in [2.24, 2.45) is 5.92 Å². The smallest absolute Gasteiger partial charge is 0.264 e. The number of hydrogen-bond donors (Lipinski definition) is 3. The van der Waals surface area contributed by atoms with E-state index >= 15 is 4.39 Å². The maximum Gasteiger partial charge on any atom is 0.264 e. The van der Waals surface area contributed by atoms with Gasteiger partial charge in [-0.25, -0.2) is 18.7 Å². The van der Waals surface area contributed by atoms with Crippen LogP contribution in [0.15, 0.2) is 54.4 Å². The number of hydrogen-bond acceptors (Lipinski definition) is 8. The van der Waals surface area contributed by atoms with Crippen LogP contribution < -0.4 is 15.8 Å². The van der Waals surface area contributed by atoms with Gasteiger partial charge < -0.3 is 20.7 Å². The second-order valence-corrected chi connectivity index (χ2v) is 9.86. The lowest BCUT2D eigenvalue weighted by Crippen LogP contribution is -2.40. The van der Waals surface area contributed by atoms with Crippen LogP contribution in [0.3, 0.4) is 0 Å². The number of nitriles is 1. The Kier molecular flexibility index (Phi) is 7.87. The molecule has 41 heavy (non-hydrogen) atoms. The summed E-state index contributed by atoms with van der Waals surface area (Å²) in [6.07, 6.45) is 6.39. The fourth-order valence-corrected chi connectivity index (χ4v) is 4.71. The molecule has 2 fully saturated rings. The highest BCUT2D eigenvalue weighted by Crippen LogP contribution is 2.33. The molecule has 3 aromatic rings. The number of nitrogens with one attached hydrogen (secondary N) is 2. The van der Waals surface area contributed by atoms with E-state index in [1.54, 1.807) is 11.0 Å². The number of likely N-dealkylation sites (tertiary alicyclic amines) is 1. The van der Waals surface area contributed by atoms with Gasteiger partial charge in [-0.15, -0.1) is 0 Å². The Morgan fingerprint density at radius 2 is 2.00 bits per heavy atom. The number of anilines is 2. The van der Waals surface area contributed by atoms with Gasteiger partial charge in [-0.2, -0.15) is 9.65 Å². The highest BCUT2D eigenvalue weighted by atomic mass is 19.2. The topological polar surface area (TPSA) is 141 Å². The molecule has 0 bridgehead atoms. The van der Waals surface area contributed by atoms with Crippen molar-refractivity contribution in [3.05, 3.63) is 83.0 Å². The lowest BCUT2D eigenvalue weighted by molar-refractivity contribution is -0.127. The van der Waals surface area contributed by atoms with Gasteiger partial charge in [0, 0.05) is 30.8 Å². The highest BCUT2D eigenvalue weighted by molar-refractivity contribution is 6.16. The monoisotopic (exact) mass is 561 g/mol. The van der Waals surface area contributed by atoms with Crippen LogP contribution in [0.1, 0.15) is 36.8 Å². The number of benzene rings is 2. The van der Waals surface area contributed by atoms with Crippen LogP contribution in [-0.2, 0) is 4.79 Å². The number of nitrogen functional groups attached to an aromatic ring is 1. The summed E-state index contributed by atoms with van der Waals surface area (Å²) in [6.45, 7) is 0.779. The van der Waals surface area contributed by atoms with Crippen LogP contribution in [0.2, 0.25) is 0 Å². The van der Waals surface area contributed by atoms with Crippen LogP contribution in [0, 0.1) is 40.1 Å². The van der Waals surface area contributed by atoms with Crippen molar-refractivity contribution in [2.45, 2.75) is 31.7 Å². The largest absolute Gasteiger partial charge is 0.454 e. The second kappa shape index (κ2) is 11.7. The number of ether oxygens (including phenoxy) is 1. The van der Waals surface area contributed by atoms with E-state index in [1.807, 2.05) is 6.07 Å². The molecule has 5 rings (SSSR count). The zero-order chi connectivity index (χ0) is 29.1. The number of aromatic nitrogens is 2. The van der Waals surface area contributed by atoms with E-state index in [1.165, 1.54) is 30.6 Å². The third kappa shape index (κ3) is 5.99. The summed E-state index contributed by atoms with van der Waals surface area (Å²) in [4.78, 5) is 22.8. The molecule has 210 valence electrons. The Morgan fingerprint density at radius 1 is 1.20 bits per heavy atom. The lowest BCUT2D eigenvalue weighted by atomic mass is 10.0. The molecule has 1 atom stereocenters. The average Bonchev–Trinajstić information content (AvgIpc) is 3.66. The molecule has 4 N–H and O–H groups in total. The molecule has 1 saturated heterocycles. The average molecular weight is 562 g/mol. The van der Waals surface area contributed by atoms with Crippen molar-refractivity contribution >= 4 is 23.3 Å². The summed E-state index contributed by atoms with van der Waals surface area (Å²) in [5.74, 6) is -3.59. The first-order valence-electron chi connectivity index (χ1n) is 13.0. The van der Waals surface area contributed by atoms with Crippen molar-refractivity contribution in [1.82, 2.24) is 14.9 Å².